The molecule has 0 saturated heterocycles. The second kappa shape index (κ2) is 8.66. The Morgan fingerprint density at radius 2 is 2.06 bits per heavy atom. The minimum absolute atomic E-state index is 0.0988. The van der Waals surface area contributed by atoms with Gasteiger partial charge in [-0.3, -0.25) is 19.7 Å². The number of hydrogen-bond donors (Lipinski definition) is 2. The van der Waals surface area contributed by atoms with Crippen molar-refractivity contribution in [2.45, 2.75) is 47.0 Å². The summed E-state index contributed by atoms with van der Waals surface area (Å²) in [5, 5.41) is 14.5. The molecular weight excluding hydrogens is 418 g/mol. The van der Waals surface area contributed by atoms with E-state index in [1.807, 2.05) is 0 Å². The molecule has 0 unspecified atom stereocenters. The van der Waals surface area contributed by atoms with Gasteiger partial charge in [-0.05, 0) is 55.2 Å². The summed E-state index contributed by atoms with van der Waals surface area (Å²) in [6, 6.07) is 4.03. The maximum Gasteiger partial charge on any atom is 0.311 e. The van der Waals surface area contributed by atoms with Crippen molar-refractivity contribution >= 4 is 33.8 Å². The summed E-state index contributed by atoms with van der Waals surface area (Å²) in [6.45, 7) is 8.59. The number of primary amides is 1. The van der Waals surface area contributed by atoms with E-state index in [1.54, 1.807) is 6.92 Å². The molecule has 0 bridgehead atoms. The molecular formula is C22H27N3O5S. The first-order valence-electron chi connectivity index (χ1n) is 10.2. The topological polar surface area (TPSA) is 125 Å². The Kier molecular flexibility index (Phi) is 6.35. The van der Waals surface area contributed by atoms with E-state index >= 15 is 0 Å². The second-order valence-corrected chi connectivity index (χ2v) is 9.81. The molecule has 9 heteroatoms. The molecule has 166 valence electrons. The summed E-state index contributed by atoms with van der Waals surface area (Å²) in [5.41, 5.74) is 6.85. The summed E-state index contributed by atoms with van der Waals surface area (Å²) in [7, 11) is 0. The first-order valence-corrected chi connectivity index (χ1v) is 11.0. The van der Waals surface area contributed by atoms with E-state index < -0.39 is 16.7 Å². The molecule has 1 aliphatic carbocycles. The fourth-order valence-corrected chi connectivity index (χ4v) is 5.26. The number of nitrogens with two attached hydrogens (primary N) is 1. The maximum atomic E-state index is 12.8. The van der Waals surface area contributed by atoms with Crippen LogP contribution in [0.15, 0.2) is 18.2 Å². The predicted octanol–water partition coefficient (Wildman–Crippen LogP) is 4.56. The molecule has 0 aliphatic heterocycles. The number of rotatable bonds is 6. The summed E-state index contributed by atoms with van der Waals surface area (Å²) >= 11 is 1.36. The lowest BCUT2D eigenvalue weighted by Gasteiger charge is -2.33. The lowest BCUT2D eigenvalue weighted by Crippen LogP contribution is -2.27. The highest BCUT2D eigenvalue weighted by atomic mass is 32.1. The van der Waals surface area contributed by atoms with E-state index in [0.29, 0.717) is 16.5 Å². The normalized spacial score (nSPS) is 15.8. The molecule has 1 aromatic carbocycles. The first kappa shape index (κ1) is 22.7. The van der Waals surface area contributed by atoms with Crippen molar-refractivity contribution in [1.82, 2.24) is 0 Å². The largest absolute Gasteiger partial charge is 0.487 e. The standard InChI is InChI=1S/C22H27N3O5S/c1-5-30-16-9-6-12(10-15(16)25(28)29)20(27)24-21-18(19(23)26)14-8-7-13(22(2,3)4)11-17(14)31-21/h6,9-10,13H,5,7-8,11H2,1-4H3,(H2,23,26)(H,24,27)/t13-/m1/s1. The highest BCUT2D eigenvalue weighted by molar-refractivity contribution is 7.17. The Hall–Kier alpha value is -2.94. The SMILES string of the molecule is CCOc1ccc(C(=O)Nc2sc3c(c2C(N)=O)CC[C@@H](C(C)(C)C)C3)cc1[N+](=O)[O-]. The average Bonchev–Trinajstić information content (AvgIpc) is 3.04. The van der Waals surface area contributed by atoms with Crippen LogP contribution in [0.5, 0.6) is 5.75 Å². The predicted molar refractivity (Wildman–Crippen MR) is 120 cm³/mol. The molecule has 31 heavy (non-hydrogen) atoms. The van der Waals surface area contributed by atoms with Crippen LogP contribution in [0.1, 0.15) is 65.3 Å². The number of anilines is 1. The van der Waals surface area contributed by atoms with Crippen molar-refractivity contribution in [3.05, 3.63) is 49.9 Å². The molecule has 0 spiro atoms. The smallest absolute Gasteiger partial charge is 0.311 e. The molecule has 8 nitrogen and oxygen atoms in total. The Labute approximate surface area is 184 Å². The number of thiophene rings is 1. The fraction of sp³-hybridized carbons (Fsp3) is 0.455. The van der Waals surface area contributed by atoms with Crippen molar-refractivity contribution < 1.29 is 19.2 Å². The fourth-order valence-electron chi connectivity index (χ4n) is 3.93. The number of nitrogens with zero attached hydrogens (tertiary/aromatic N) is 1. The zero-order valence-electron chi connectivity index (χ0n) is 18.1. The molecule has 1 atom stereocenters. The highest BCUT2D eigenvalue weighted by Crippen LogP contribution is 2.44. The van der Waals surface area contributed by atoms with E-state index in [2.05, 4.69) is 26.1 Å². The number of carbonyl (C=O) groups is 2. The van der Waals surface area contributed by atoms with Gasteiger partial charge in [-0.25, -0.2) is 0 Å². The quantitative estimate of drug-likeness (QED) is 0.498. The van der Waals surface area contributed by atoms with Gasteiger partial charge in [0.15, 0.2) is 5.75 Å². The zero-order chi connectivity index (χ0) is 22.9. The van der Waals surface area contributed by atoms with Crippen LogP contribution in [-0.2, 0) is 12.8 Å². The van der Waals surface area contributed by atoms with Gasteiger partial charge in [-0.15, -0.1) is 11.3 Å². The summed E-state index contributed by atoms with van der Waals surface area (Å²) in [6.07, 6.45) is 2.51. The summed E-state index contributed by atoms with van der Waals surface area (Å²) in [4.78, 5) is 36.9. The molecule has 0 saturated carbocycles. The van der Waals surface area contributed by atoms with Crippen molar-refractivity contribution in [1.29, 1.82) is 0 Å². The van der Waals surface area contributed by atoms with Crippen molar-refractivity contribution in [2.24, 2.45) is 17.1 Å². The third-order valence-electron chi connectivity index (χ3n) is 5.68. The Balaban J connectivity index is 1.92. The molecule has 2 amide bonds. The van der Waals surface area contributed by atoms with Crippen LogP contribution < -0.4 is 15.8 Å². The second-order valence-electron chi connectivity index (χ2n) is 8.70. The summed E-state index contributed by atoms with van der Waals surface area (Å²) in [5.74, 6) is -0.558. The molecule has 3 rings (SSSR count). The Morgan fingerprint density at radius 3 is 2.65 bits per heavy atom. The Bertz CT molecular complexity index is 1040. The van der Waals surface area contributed by atoms with Gasteiger partial charge >= 0.3 is 5.69 Å². The van der Waals surface area contributed by atoms with Gasteiger partial charge in [0.25, 0.3) is 11.8 Å². The van der Waals surface area contributed by atoms with Crippen molar-refractivity contribution in [3.8, 4) is 5.75 Å². The average molecular weight is 446 g/mol. The van der Waals surface area contributed by atoms with Crippen molar-refractivity contribution in [3.63, 3.8) is 0 Å². The van der Waals surface area contributed by atoms with Gasteiger partial charge in [-0.2, -0.15) is 0 Å². The van der Waals surface area contributed by atoms with Gasteiger partial charge in [0.1, 0.15) is 5.00 Å². The maximum absolute atomic E-state index is 12.8. The molecule has 1 aliphatic rings. The van der Waals surface area contributed by atoms with Crippen LogP contribution >= 0.6 is 11.3 Å². The van der Waals surface area contributed by atoms with Crippen LogP contribution in [0.2, 0.25) is 0 Å². The van der Waals surface area contributed by atoms with Crippen LogP contribution in [0.4, 0.5) is 10.7 Å². The third-order valence-corrected chi connectivity index (χ3v) is 6.85. The lowest BCUT2D eigenvalue weighted by molar-refractivity contribution is -0.385. The monoisotopic (exact) mass is 445 g/mol. The number of hydrogen-bond acceptors (Lipinski definition) is 6. The van der Waals surface area contributed by atoms with Gasteiger partial charge in [0.2, 0.25) is 0 Å². The molecule has 0 radical (unpaired) electrons. The van der Waals surface area contributed by atoms with Crippen LogP contribution in [0, 0.1) is 21.4 Å². The minimum Gasteiger partial charge on any atom is -0.487 e. The molecule has 2 aromatic rings. The minimum atomic E-state index is -0.590. The summed E-state index contributed by atoms with van der Waals surface area (Å²) < 4.78 is 5.26. The van der Waals surface area contributed by atoms with E-state index in [4.69, 9.17) is 10.5 Å². The van der Waals surface area contributed by atoms with E-state index in [9.17, 15) is 19.7 Å². The lowest BCUT2D eigenvalue weighted by atomic mass is 9.72. The van der Waals surface area contributed by atoms with Crippen LogP contribution in [0.3, 0.4) is 0 Å². The van der Waals surface area contributed by atoms with Gasteiger partial charge in [-0.1, -0.05) is 20.8 Å². The number of fused-ring (bicyclic) bond motifs is 1. The number of nitrogens with one attached hydrogen (secondary N) is 1. The zero-order valence-corrected chi connectivity index (χ0v) is 18.9. The van der Waals surface area contributed by atoms with Gasteiger partial charge < -0.3 is 15.8 Å². The number of carbonyl (C=O) groups excluding carboxylic acids is 2. The van der Waals surface area contributed by atoms with E-state index in [1.165, 1.54) is 29.5 Å². The molecule has 3 N–H and O–H groups in total. The third kappa shape index (κ3) is 4.71. The molecule has 1 aromatic heterocycles. The number of ether oxygens (including phenoxy) is 1. The van der Waals surface area contributed by atoms with Gasteiger partial charge in [0, 0.05) is 16.5 Å². The van der Waals surface area contributed by atoms with Crippen molar-refractivity contribution in [2.75, 3.05) is 11.9 Å². The highest BCUT2D eigenvalue weighted by Gasteiger charge is 2.33. The Morgan fingerprint density at radius 1 is 1.35 bits per heavy atom. The number of nitro benzene ring substituents is 1. The number of amides is 2. The first-order chi connectivity index (χ1) is 14.5. The molecule has 0 fully saturated rings. The number of nitro groups is 1. The van der Waals surface area contributed by atoms with Crippen LogP contribution in [0.25, 0.3) is 0 Å². The molecule has 1 heterocycles. The van der Waals surface area contributed by atoms with E-state index in [-0.39, 0.29) is 29.0 Å². The van der Waals surface area contributed by atoms with E-state index in [0.717, 1.165) is 29.7 Å². The van der Waals surface area contributed by atoms with Crippen LogP contribution in [-0.4, -0.2) is 23.3 Å². The number of benzene rings is 1. The van der Waals surface area contributed by atoms with Gasteiger partial charge in [0.05, 0.1) is 17.1 Å².